The molecule has 1 fully saturated rings. The highest BCUT2D eigenvalue weighted by Crippen LogP contribution is 2.25. The standard InChI is InChI=1S/C16H19ClN4O2/c1-2-21-10-14(9-18-21)19-16(22)20-6-7-23-15(11-20)12-4-3-5-13(17)8-12/h3-5,8-10,15H,2,6-7,11H2,1H3,(H,19,22). The Labute approximate surface area is 140 Å². The number of halogens is 1. The molecule has 1 N–H and O–H groups in total. The quantitative estimate of drug-likeness (QED) is 0.938. The second-order valence-electron chi connectivity index (χ2n) is 5.38. The molecule has 1 unspecified atom stereocenters. The van der Waals surface area contributed by atoms with E-state index in [-0.39, 0.29) is 12.1 Å². The van der Waals surface area contributed by atoms with E-state index in [1.54, 1.807) is 15.8 Å². The molecule has 1 aromatic heterocycles. The number of nitrogens with one attached hydrogen (secondary N) is 1. The molecule has 0 radical (unpaired) electrons. The van der Waals surface area contributed by atoms with Crippen LogP contribution in [0.4, 0.5) is 10.5 Å². The van der Waals surface area contributed by atoms with Crippen molar-refractivity contribution in [3.8, 4) is 0 Å². The van der Waals surface area contributed by atoms with E-state index in [2.05, 4.69) is 10.4 Å². The van der Waals surface area contributed by atoms with Crippen molar-refractivity contribution in [2.75, 3.05) is 25.0 Å². The van der Waals surface area contributed by atoms with Crippen LogP contribution < -0.4 is 5.32 Å². The Morgan fingerprint density at radius 2 is 2.39 bits per heavy atom. The van der Waals surface area contributed by atoms with Crippen molar-refractivity contribution in [3.63, 3.8) is 0 Å². The number of urea groups is 1. The molecule has 2 aromatic rings. The summed E-state index contributed by atoms with van der Waals surface area (Å²) in [4.78, 5) is 14.2. The molecule has 0 saturated carbocycles. The Morgan fingerprint density at radius 1 is 1.52 bits per heavy atom. The number of amides is 2. The average Bonchev–Trinajstić information content (AvgIpc) is 3.02. The van der Waals surface area contributed by atoms with Gasteiger partial charge in [0.05, 0.1) is 25.0 Å². The number of anilines is 1. The van der Waals surface area contributed by atoms with Gasteiger partial charge in [0, 0.05) is 24.3 Å². The molecule has 1 aromatic carbocycles. The number of carbonyl (C=O) groups excluding carboxylic acids is 1. The number of rotatable bonds is 3. The molecule has 0 bridgehead atoms. The maximum atomic E-state index is 12.4. The molecule has 23 heavy (non-hydrogen) atoms. The first kappa shape index (κ1) is 15.8. The molecule has 7 heteroatoms. The summed E-state index contributed by atoms with van der Waals surface area (Å²) in [6.45, 7) is 4.32. The van der Waals surface area contributed by atoms with E-state index in [0.717, 1.165) is 12.1 Å². The Morgan fingerprint density at radius 3 is 3.13 bits per heavy atom. The number of ether oxygens (including phenoxy) is 1. The van der Waals surface area contributed by atoms with Crippen molar-refractivity contribution in [2.45, 2.75) is 19.6 Å². The van der Waals surface area contributed by atoms with Gasteiger partial charge in [-0.2, -0.15) is 5.10 Å². The maximum Gasteiger partial charge on any atom is 0.322 e. The highest BCUT2D eigenvalue weighted by Gasteiger charge is 2.25. The van der Waals surface area contributed by atoms with Gasteiger partial charge in [-0.3, -0.25) is 4.68 Å². The fourth-order valence-electron chi connectivity index (χ4n) is 2.55. The largest absolute Gasteiger partial charge is 0.370 e. The summed E-state index contributed by atoms with van der Waals surface area (Å²) in [5.74, 6) is 0. The fourth-order valence-corrected chi connectivity index (χ4v) is 2.74. The molecule has 1 aliphatic rings. The second kappa shape index (κ2) is 7.02. The molecule has 0 aliphatic carbocycles. The van der Waals surface area contributed by atoms with Crippen molar-refractivity contribution in [3.05, 3.63) is 47.2 Å². The van der Waals surface area contributed by atoms with Gasteiger partial charge >= 0.3 is 6.03 Å². The summed E-state index contributed by atoms with van der Waals surface area (Å²) in [6.07, 6.45) is 3.30. The van der Waals surface area contributed by atoms with Crippen molar-refractivity contribution in [2.24, 2.45) is 0 Å². The van der Waals surface area contributed by atoms with E-state index >= 15 is 0 Å². The predicted octanol–water partition coefficient (Wildman–Crippen LogP) is 3.16. The number of hydrogen-bond donors (Lipinski definition) is 1. The lowest BCUT2D eigenvalue weighted by Gasteiger charge is -2.33. The maximum absolute atomic E-state index is 12.4. The summed E-state index contributed by atoms with van der Waals surface area (Å²) in [5.41, 5.74) is 1.68. The summed E-state index contributed by atoms with van der Waals surface area (Å²) < 4.78 is 7.54. The number of carbonyl (C=O) groups is 1. The molecule has 122 valence electrons. The lowest BCUT2D eigenvalue weighted by atomic mass is 10.1. The summed E-state index contributed by atoms with van der Waals surface area (Å²) in [7, 11) is 0. The SMILES string of the molecule is CCn1cc(NC(=O)N2CCOC(c3cccc(Cl)c3)C2)cn1. The zero-order chi connectivity index (χ0) is 16.2. The topological polar surface area (TPSA) is 59.4 Å². The van der Waals surface area contributed by atoms with Gasteiger partial charge in [-0.15, -0.1) is 0 Å². The molecule has 2 amide bonds. The number of aryl methyl sites for hydroxylation is 1. The number of morpholine rings is 1. The third kappa shape index (κ3) is 3.83. The van der Waals surface area contributed by atoms with E-state index in [4.69, 9.17) is 16.3 Å². The zero-order valence-electron chi connectivity index (χ0n) is 12.9. The number of hydrogen-bond acceptors (Lipinski definition) is 3. The monoisotopic (exact) mass is 334 g/mol. The molecule has 6 nitrogen and oxygen atoms in total. The van der Waals surface area contributed by atoms with E-state index in [1.165, 1.54) is 0 Å². The van der Waals surface area contributed by atoms with E-state index < -0.39 is 0 Å². The average molecular weight is 335 g/mol. The van der Waals surface area contributed by atoms with Gasteiger partial charge in [0.2, 0.25) is 0 Å². The highest BCUT2D eigenvalue weighted by atomic mass is 35.5. The van der Waals surface area contributed by atoms with Gasteiger partial charge in [-0.25, -0.2) is 4.79 Å². The number of nitrogens with zero attached hydrogens (tertiary/aromatic N) is 3. The van der Waals surface area contributed by atoms with Crippen LogP contribution in [0.25, 0.3) is 0 Å². The first-order valence-electron chi connectivity index (χ1n) is 7.61. The van der Waals surface area contributed by atoms with Crippen LogP contribution in [0, 0.1) is 0 Å². The Kier molecular flexibility index (Phi) is 4.83. The van der Waals surface area contributed by atoms with E-state index in [0.29, 0.717) is 30.4 Å². The molecule has 1 aliphatic heterocycles. The minimum atomic E-state index is -0.161. The zero-order valence-corrected chi connectivity index (χ0v) is 13.7. The number of benzene rings is 1. The van der Waals surface area contributed by atoms with Gasteiger partial charge in [0.25, 0.3) is 0 Å². The van der Waals surface area contributed by atoms with Gasteiger partial charge < -0.3 is 15.0 Å². The minimum Gasteiger partial charge on any atom is -0.370 e. The molecule has 2 heterocycles. The third-order valence-corrected chi connectivity index (χ3v) is 4.02. The van der Waals surface area contributed by atoms with Crippen LogP contribution in [0.3, 0.4) is 0 Å². The Bertz CT molecular complexity index is 688. The van der Waals surface area contributed by atoms with E-state index in [9.17, 15) is 4.79 Å². The predicted molar refractivity (Wildman–Crippen MR) is 88.6 cm³/mol. The lowest BCUT2D eigenvalue weighted by molar-refractivity contribution is -0.0135. The third-order valence-electron chi connectivity index (χ3n) is 3.78. The van der Waals surface area contributed by atoms with Crippen LogP contribution in [0.15, 0.2) is 36.7 Å². The van der Waals surface area contributed by atoms with Crippen LogP contribution >= 0.6 is 11.6 Å². The van der Waals surface area contributed by atoms with E-state index in [1.807, 2.05) is 37.4 Å². The molecule has 1 atom stereocenters. The summed E-state index contributed by atoms with van der Waals surface area (Å²) >= 11 is 6.03. The highest BCUT2D eigenvalue weighted by molar-refractivity contribution is 6.30. The van der Waals surface area contributed by atoms with Gasteiger partial charge in [0.15, 0.2) is 0 Å². The Hall–Kier alpha value is -2.05. The van der Waals surface area contributed by atoms with Crippen molar-refractivity contribution in [1.82, 2.24) is 14.7 Å². The van der Waals surface area contributed by atoms with Crippen LogP contribution in [0.2, 0.25) is 5.02 Å². The van der Waals surface area contributed by atoms with Crippen molar-refractivity contribution >= 4 is 23.3 Å². The summed E-state index contributed by atoms with van der Waals surface area (Å²) in [5, 5.41) is 7.69. The molecule has 3 rings (SSSR count). The number of aromatic nitrogens is 2. The normalized spacial score (nSPS) is 18.0. The molecule has 1 saturated heterocycles. The molecular weight excluding hydrogens is 316 g/mol. The van der Waals surface area contributed by atoms with Crippen molar-refractivity contribution in [1.29, 1.82) is 0 Å². The minimum absolute atomic E-state index is 0.143. The van der Waals surface area contributed by atoms with Crippen LogP contribution in [0.1, 0.15) is 18.6 Å². The smallest absolute Gasteiger partial charge is 0.322 e. The fraction of sp³-hybridized carbons (Fsp3) is 0.375. The van der Waals surface area contributed by atoms with Gasteiger partial charge in [-0.05, 0) is 24.6 Å². The van der Waals surface area contributed by atoms with Crippen LogP contribution in [-0.2, 0) is 11.3 Å². The lowest BCUT2D eigenvalue weighted by Crippen LogP contribution is -2.44. The molecule has 0 spiro atoms. The van der Waals surface area contributed by atoms with Gasteiger partial charge in [0.1, 0.15) is 6.10 Å². The van der Waals surface area contributed by atoms with Crippen LogP contribution in [-0.4, -0.2) is 40.4 Å². The van der Waals surface area contributed by atoms with Gasteiger partial charge in [-0.1, -0.05) is 23.7 Å². The van der Waals surface area contributed by atoms with Crippen LogP contribution in [0.5, 0.6) is 0 Å². The summed E-state index contributed by atoms with van der Waals surface area (Å²) in [6, 6.07) is 7.40. The molecular formula is C16H19ClN4O2. The van der Waals surface area contributed by atoms with Crippen molar-refractivity contribution < 1.29 is 9.53 Å². The first-order valence-corrected chi connectivity index (χ1v) is 7.99. The first-order chi connectivity index (χ1) is 11.2. The Balaban J connectivity index is 1.64. The second-order valence-corrected chi connectivity index (χ2v) is 5.81.